The van der Waals surface area contributed by atoms with Gasteiger partial charge in [0.2, 0.25) is 0 Å². The van der Waals surface area contributed by atoms with Crippen LogP contribution in [0.3, 0.4) is 0 Å². The van der Waals surface area contributed by atoms with Gasteiger partial charge in [0.25, 0.3) is 0 Å². The van der Waals surface area contributed by atoms with Crippen LogP contribution in [0.15, 0.2) is 9.72 Å². The summed E-state index contributed by atoms with van der Waals surface area (Å²) in [5.74, 6) is -0.375. The lowest BCUT2D eigenvalue weighted by molar-refractivity contribution is 0.0490. The fourth-order valence-electron chi connectivity index (χ4n) is 0.758. The first kappa shape index (κ1) is 10.5. The van der Waals surface area contributed by atoms with Gasteiger partial charge in [-0.25, -0.2) is 9.78 Å². The van der Waals surface area contributed by atoms with Gasteiger partial charge in [0.05, 0.1) is 16.3 Å². The highest BCUT2D eigenvalue weighted by Crippen LogP contribution is 2.18. The minimum atomic E-state index is -0.375. The molecule has 0 aliphatic carbocycles. The zero-order valence-electron chi connectivity index (χ0n) is 7.32. The number of ether oxygens (including phenoxy) is 1. The van der Waals surface area contributed by atoms with Crippen LogP contribution in [0.25, 0.3) is 0 Å². The summed E-state index contributed by atoms with van der Waals surface area (Å²) in [4.78, 5) is 15.1. The maximum absolute atomic E-state index is 11.3. The fraction of sp³-hybridized carbons (Fsp3) is 0.500. The molecule has 0 aliphatic rings. The van der Waals surface area contributed by atoms with Gasteiger partial charge in [-0.05, 0) is 6.42 Å². The van der Waals surface area contributed by atoms with E-state index in [1.165, 1.54) is 11.3 Å². The number of nitrogens with zero attached hydrogens (tertiary/aromatic N) is 1. The Morgan fingerprint density at radius 3 is 3.08 bits per heavy atom. The van der Waals surface area contributed by atoms with Crippen molar-refractivity contribution in [3.05, 3.63) is 11.2 Å². The molecule has 0 spiro atoms. The summed E-state index contributed by atoms with van der Waals surface area (Å²) in [5.41, 5.74) is 1.91. The Morgan fingerprint density at radius 1 is 1.77 bits per heavy atom. The van der Waals surface area contributed by atoms with Crippen LogP contribution in [0.5, 0.6) is 0 Å². The molecule has 0 bridgehead atoms. The smallest absolute Gasteiger partial charge is 0.358 e. The molecule has 1 rings (SSSR count). The Morgan fingerprint density at radius 2 is 2.54 bits per heavy atom. The summed E-state index contributed by atoms with van der Waals surface area (Å²) in [6, 6.07) is 0. The van der Waals surface area contributed by atoms with E-state index in [1.807, 2.05) is 6.92 Å². The van der Waals surface area contributed by atoms with Crippen molar-refractivity contribution in [3.8, 4) is 0 Å². The highest BCUT2D eigenvalue weighted by atomic mass is 32.2. The molecule has 0 radical (unpaired) electrons. The average molecular weight is 217 g/mol. The van der Waals surface area contributed by atoms with Crippen molar-refractivity contribution in [3.63, 3.8) is 0 Å². The molecule has 0 saturated heterocycles. The predicted octanol–water partition coefficient (Wildman–Crippen LogP) is 2.39. The Balaban J connectivity index is 2.45. The lowest BCUT2D eigenvalue weighted by Crippen LogP contribution is -2.07. The van der Waals surface area contributed by atoms with Gasteiger partial charge in [-0.2, -0.15) is 0 Å². The molecule has 0 atom stereocenters. The SMILES string of the molecule is CCCCOC(=O)c1ncsc1S. The normalized spacial score (nSPS) is 10.0. The van der Waals surface area contributed by atoms with Gasteiger partial charge in [-0.1, -0.05) is 13.3 Å². The minimum absolute atomic E-state index is 0.324. The zero-order valence-corrected chi connectivity index (χ0v) is 9.03. The summed E-state index contributed by atoms with van der Waals surface area (Å²) in [6.07, 6.45) is 1.90. The number of unbranched alkanes of at least 4 members (excludes halogenated alkanes) is 1. The number of thiol groups is 1. The third-order valence-electron chi connectivity index (χ3n) is 1.47. The zero-order chi connectivity index (χ0) is 9.68. The number of hydrogen-bond acceptors (Lipinski definition) is 5. The number of carbonyl (C=O) groups is 1. The summed E-state index contributed by atoms with van der Waals surface area (Å²) in [6.45, 7) is 2.50. The van der Waals surface area contributed by atoms with Crippen molar-refractivity contribution in [1.29, 1.82) is 0 Å². The molecule has 3 nitrogen and oxygen atoms in total. The van der Waals surface area contributed by atoms with Gasteiger partial charge in [0.15, 0.2) is 5.69 Å². The number of esters is 1. The van der Waals surface area contributed by atoms with E-state index >= 15 is 0 Å². The number of rotatable bonds is 4. The number of aromatic nitrogens is 1. The second kappa shape index (κ2) is 5.24. The number of thiazole rings is 1. The van der Waals surface area contributed by atoms with Crippen molar-refractivity contribution in [2.45, 2.75) is 24.0 Å². The van der Waals surface area contributed by atoms with Crippen LogP contribution >= 0.6 is 24.0 Å². The van der Waals surface area contributed by atoms with Crippen LogP contribution < -0.4 is 0 Å². The maximum atomic E-state index is 11.3. The van der Waals surface area contributed by atoms with Crippen LogP contribution in [-0.2, 0) is 4.74 Å². The Bertz CT molecular complexity index is 285. The first-order valence-electron chi connectivity index (χ1n) is 4.05. The Hall–Kier alpha value is -0.550. The lowest BCUT2D eigenvalue weighted by Gasteiger charge is -2.00. The highest BCUT2D eigenvalue weighted by molar-refractivity contribution is 7.82. The molecule has 0 aromatic carbocycles. The molecule has 0 aliphatic heterocycles. The van der Waals surface area contributed by atoms with Crippen molar-refractivity contribution in [2.75, 3.05) is 6.61 Å². The number of carbonyl (C=O) groups excluding carboxylic acids is 1. The van der Waals surface area contributed by atoms with E-state index in [9.17, 15) is 4.79 Å². The summed E-state index contributed by atoms with van der Waals surface area (Å²) in [7, 11) is 0. The molecular formula is C8H11NO2S2. The van der Waals surface area contributed by atoms with Crippen LogP contribution in [-0.4, -0.2) is 17.6 Å². The van der Waals surface area contributed by atoms with E-state index in [0.29, 0.717) is 16.5 Å². The van der Waals surface area contributed by atoms with Crippen LogP contribution in [0, 0.1) is 0 Å². The molecule has 1 heterocycles. The van der Waals surface area contributed by atoms with Crippen molar-refractivity contribution in [2.24, 2.45) is 0 Å². The Labute approximate surface area is 86.5 Å². The quantitative estimate of drug-likeness (QED) is 0.478. The molecule has 1 aromatic heterocycles. The van der Waals surface area contributed by atoms with Crippen LogP contribution in [0.2, 0.25) is 0 Å². The molecule has 72 valence electrons. The van der Waals surface area contributed by atoms with Crippen molar-refractivity contribution < 1.29 is 9.53 Å². The first-order valence-corrected chi connectivity index (χ1v) is 5.38. The third-order valence-corrected chi connectivity index (χ3v) is 2.63. The van der Waals surface area contributed by atoms with Crippen LogP contribution in [0.1, 0.15) is 30.3 Å². The van der Waals surface area contributed by atoms with Crippen LogP contribution in [0.4, 0.5) is 0 Å². The van der Waals surface area contributed by atoms with Gasteiger partial charge in [-0.15, -0.1) is 24.0 Å². The second-order valence-corrected chi connectivity index (χ2v) is 4.10. The summed E-state index contributed by atoms with van der Waals surface area (Å²) >= 11 is 5.41. The van der Waals surface area contributed by atoms with Crippen molar-refractivity contribution in [1.82, 2.24) is 4.98 Å². The highest BCUT2D eigenvalue weighted by Gasteiger charge is 2.13. The fourth-order valence-corrected chi connectivity index (χ4v) is 1.55. The molecule has 0 fully saturated rings. The Kier molecular flexibility index (Phi) is 4.24. The molecule has 13 heavy (non-hydrogen) atoms. The number of hydrogen-bond donors (Lipinski definition) is 1. The van der Waals surface area contributed by atoms with E-state index in [2.05, 4.69) is 17.6 Å². The van der Waals surface area contributed by atoms with Gasteiger partial charge in [0.1, 0.15) is 0 Å². The summed E-state index contributed by atoms with van der Waals surface area (Å²) < 4.78 is 5.58. The minimum Gasteiger partial charge on any atom is -0.461 e. The molecule has 0 saturated carbocycles. The van der Waals surface area contributed by atoms with Gasteiger partial charge >= 0.3 is 5.97 Å². The molecule has 0 unspecified atom stereocenters. The average Bonchev–Trinajstić information content (AvgIpc) is 2.52. The van der Waals surface area contributed by atoms with E-state index in [1.54, 1.807) is 5.51 Å². The van der Waals surface area contributed by atoms with Crippen molar-refractivity contribution >= 4 is 29.9 Å². The molecule has 0 amide bonds. The second-order valence-electron chi connectivity index (χ2n) is 2.50. The molecule has 0 N–H and O–H groups in total. The van der Waals surface area contributed by atoms with Gasteiger partial charge in [0, 0.05) is 0 Å². The maximum Gasteiger partial charge on any atom is 0.358 e. The summed E-state index contributed by atoms with van der Waals surface area (Å²) in [5, 5.41) is 0. The topological polar surface area (TPSA) is 39.2 Å². The van der Waals surface area contributed by atoms with E-state index in [4.69, 9.17) is 4.74 Å². The van der Waals surface area contributed by atoms with E-state index in [0.717, 1.165) is 12.8 Å². The molecule has 1 aromatic rings. The predicted molar refractivity (Wildman–Crippen MR) is 54.6 cm³/mol. The van der Waals surface area contributed by atoms with E-state index < -0.39 is 0 Å². The largest absolute Gasteiger partial charge is 0.461 e. The first-order chi connectivity index (χ1) is 6.25. The lowest BCUT2D eigenvalue weighted by atomic mass is 10.4. The van der Waals surface area contributed by atoms with Gasteiger partial charge in [-0.3, -0.25) is 0 Å². The molecular weight excluding hydrogens is 206 g/mol. The third kappa shape index (κ3) is 3.00. The van der Waals surface area contributed by atoms with Gasteiger partial charge < -0.3 is 4.74 Å². The van der Waals surface area contributed by atoms with E-state index in [-0.39, 0.29) is 5.97 Å². The standard InChI is InChI=1S/C8H11NO2S2/c1-2-3-4-11-7(10)6-8(12)13-5-9-6/h5,12H,2-4H2,1H3. The molecule has 5 heteroatoms. The monoisotopic (exact) mass is 217 g/mol.